The smallest absolute Gasteiger partial charge is 0.416 e. The summed E-state index contributed by atoms with van der Waals surface area (Å²) in [6.45, 7) is 0.256. The Bertz CT molecular complexity index is 666. The van der Waals surface area contributed by atoms with Gasteiger partial charge in [-0.1, -0.05) is 18.2 Å². The Kier molecular flexibility index (Phi) is 5.26. The second-order valence-electron chi connectivity index (χ2n) is 4.93. The van der Waals surface area contributed by atoms with Crippen molar-refractivity contribution in [2.45, 2.75) is 12.6 Å². The number of nitrogens with one attached hydrogen (secondary N) is 1. The number of carbonyl (C=O) groups is 1. The van der Waals surface area contributed by atoms with E-state index in [4.69, 9.17) is 4.74 Å². The van der Waals surface area contributed by atoms with Crippen molar-refractivity contribution < 1.29 is 22.7 Å². The molecular formula is C17H16F3NO2. The Hall–Kier alpha value is -2.50. The normalized spacial score (nSPS) is 11.1. The second-order valence-corrected chi connectivity index (χ2v) is 4.93. The van der Waals surface area contributed by atoms with Gasteiger partial charge in [0.15, 0.2) is 0 Å². The van der Waals surface area contributed by atoms with Crippen LogP contribution in [0.5, 0.6) is 5.75 Å². The van der Waals surface area contributed by atoms with Crippen LogP contribution in [0, 0.1) is 0 Å². The van der Waals surface area contributed by atoms with E-state index in [0.717, 1.165) is 12.1 Å². The van der Waals surface area contributed by atoms with E-state index in [0.29, 0.717) is 23.3 Å². The van der Waals surface area contributed by atoms with Crippen LogP contribution in [0.4, 0.5) is 13.2 Å². The third-order valence-electron chi connectivity index (χ3n) is 3.31. The lowest BCUT2D eigenvalue weighted by molar-refractivity contribution is -0.137. The molecule has 0 heterocycles. The molecule has 0 aliphatic carbocycles. The largest absolute Gasteiger partial charge is 0.497 e. The molecular weight excluding hydrogens is 307 g/mol. The van der Waals surface area contributed by atoms with Crippen LogP contribution in [0.1, 0.15) is 21.5 Å². The first-order valence-corrected chi connectivity index (χ1v) is 6.98. The molecule has 6 heteroatoms. The maximum absolute atomic E-state index is 12.6. The summed E-state index contributed by atoms with van der Waals surface area (Å²) in [6, 6.07) is 11.7. The van der Waals surface area contributed by atoms with E-state index in [2.05, 4.69) is 5.32 Å². The van der Waals surface area contributed by atoms with Crippen molar-refractivity contribution in [3.05, 3.63) is 65.2 Å². The lowest BCUT2D eigenvalue weighted by Crippen LogP contribution is -2.25. The lowest BCUT2D eigenvalue weighted by Gasteiger charge is -2.09. The molecule has 0 saturated heterocycles. The molecule has 122 valence electrons. The van der Waals surface area contributed by atoms with Gasteiger partial charge in [0.2, 0.25) is 0 Å². The molecule has 0 aromatic heterocycles. The molecule has 23 heavy (non-hydrogen) atoms. The van der Waals surface area contributed by atoms with E-state index in [1.165, 1.54) is 13.2 Å². The number of methoxy groups -OCH3 is 1. The van der Waals surface area contributed by atoms with Gasteiger partial charge in [0.1, 0.15) is 5.75 Å². The quantitative estimate of drug-likeness (QED) is 0.911. The van der Waals surface area contributed by atoms with E-state index in [9.17, 15) is 18.0 Å². The van der Waals surface area contributed by atoms with Crippen molar-refractivity contribution in [3.63, 3.8) is 0 Å². The van der Waals surface area contributed by atoms with Gasteiger partial charge in [0.05, 0.1) is 12.7 Å². The monoisotopic (exact) mass is 323 g/mol. The van der Waals surface area contributed by atoms with Crippen molar-refractivity contribution in [1.29, 1.82) is 0 Å². The van der Waals surface area contributed by atoms with Crippen LogP contribution in [0.3, 0.4) is 0 Å². The molecule has 1 amide bonds. The highest BCUT2D eigenvalue weighted by Crippen LogP contribution is 2.29. The van der Waals surface area contributed by atoms with Crippen LogP contribution < -0.4 is 10.1 Å². The van der Waals surface area contributed by atoms with E-state index in [1.807, 2.05) is 0 Å². The van der Waals surface area contributed by atoms with E-state index in [-0.39, 0.29) is 12.5 Å². The van der Waals surface area contributed by atoms with Gasteiger partial charge in [-0.25, -0.2) is 0 Å². The number of amides is 1. The SMILES string of the molecule is COc1ccc(C(=O)NCCc2cccc(C(F)(F)F)c2)cc1. The summed E-state index contributed by atoms with van der Waals surface area (Å²) < 4.78 is 42.9. The van der Waals surface area contributed by atoms with Crippen LogP contribution in [0.2, 0.25) is 0 Å². The molecule has 0 atom stereocenters. The van der Waals surface area contributed by atoms with Gasteiger partial charge in [-0.15, -0.1) is 0 Å². The number of halogens is 3. The van der Waals surface area contributed by atoms with Crippen molar-refractivity contribution in [1.82, 2.24) is 5.32 Å². The van der Waals surface area contributed by atoms with E-state index < -0.39 is 11.7 Å². The molecule has 0 fully saturated rings. The van der Waals surface area contributed by atoms with Crippen LogP contribution in [-0.2, 0) is 12.6 Å². The van der Waals surface area contributed by atoms with E-state index >= 15 is 0 Å². The van der Waals surface area contributed by atoms with Gasteiger partial charge >= 0.3 is 6.18 Å². The van der Waals surface area contributed by atoms with Crippen molar-refractivity contribution in [2.75, 3.05) is 13.7 Å². The summed E-state index contributed by atoms with van der Waals surface area (Å²) in [5.74, 6) is 0.366. The Balaban J connectivity index is 1.90. The minimum absolute atomic E-state index is 0.256. The van der Waals surface area contributed by atoms with Gasteiger partial charge in [-0.05, 0) is 42.3 Å². The minimum Gasteiger partial charge on any atom is -0.497 e. The highest BCUT2D eigenvalue weighted by molar-refractivity contribution is 5.94. The lowest BCUT2D eigenvalue weighted by atomic mass is 10.1. The second kappa shape index (κ2) is 7.17. The third-order valence-corrected chi connectivity index (χ3v) is 3.31. The summed E-state index contributed by atoms with van der Waals surface area (Å²) in [7, 11) is 1.53. The van der Waals surface area contributed by atoms with Crippen molar-refractivity contribution in [3.8, 4) is 5.75 Å². The zero-order valence-electron chi connectivity index (χ0n) is 12.5. The molecule has 0 saturated carbocycles. The number of rotatable bonds is 5. The van der Waals surface area contributed by atoms with Crippen LogP contribution >= 0.6 is 0 Å². The summed E-state index contributed by atoms with van der Waals surface area (Å²) in [6.07, 6.45) is -4.03. The highest BCUT2D eigenvalue weighted by Gasteiger charge is 2.30. The van der Waals surface area contributed by atoms with Gasteiger partial charge < -0.3 is 10.1 Å². The van der Waals surface area contributed by atoms with Crippen molar-refractivity contribution in [2.24, 2.45) is 0 Å². The molecule has 0 bridgehead atoms. The molecule has 2 aromatic rings. The summed E-state index contributed by atoms with van der Waals surface area (Å²) in [4.78, 5) is 11.9. The summed E-state index contributed by atoms with van der Waals surface area (Å²) >= 11 is 0. The molecule has 2 rings (SSSR count). The Morgan fingerprint density at radius 1 is 1.13 bits per heavy atom. The fourth-order valence-electron chi connectivity index (χ4n) is 2.07. The topological polar surface area (TPSA) is 38.3 Å². The summed E-state index contributed by atoms with van der Waals surface area (Å²) in [5.41, 5.74) is 0.307. The average molecular weight is 323 g/mol. The van der Waals surface area contributed by atoms with Gasteiger partial charge in [0, 0.05) is 12.1 Å². The fraction of sp³-hybridized carbons (Fsp3) is 0.235. The number of benzene rings is 2. The third kappa shape index (κ3) is 4.74. The van der Waals surface area contributed by atoms with Crippen molar-refractivity contribution >= 4 is 5.91 Å². The molecule has 1 N–H and O–H groups in total. The Labute approximate surface area is 132 Å². The minimum atomic E-state index is -4.36. The van der Waals surface area contributed by atoms with Crippen LogP contribution in [0.25, 0.3) is 0 Å². The van der Waals surface area contributed by atoms with Gasteiger partial charge in [-0.2, -0.15) is 13.2 Å². The maximum Gasteiger partial charge on any atom is 0.416 e. The number of hydrogen-bond acceptors (Lipinski definition) is 2. The molecule has 0 unspecified atom stereocenters. The molecule has 2 aromatic carbocycles. The zero-order valence-corrected chi connectivity index (χ0v) is 12.5. The van der Waals surface area contributed by atoms with E-state index in [1.54, 1.807) is 30.3 Å². The number of ether oxygens (including phenoxy) is 1. The predicted octanol–water partition coefficient (Wildman–Crippen LogP) is 3.69. The van der Waals surface area contributed by atoms with Gasteiger partial charge in [0.25, 0.3) is 5.91 Å². The molecule has 0 aliphatic rings. The average Bonchev–Trinajstić information content (AvgIpc) is 2.54. The molecule has 3 nitrogen and oxygen atoms in total. The summed E-state index contributed by atoms with van der Waals surface area (Å²) in [5, 5.41) is 2.68. The predicted molar refractivity (Wildman–Crippen MR) is 80.5 cm³/mol. The molecule has 0 radical (unpaired) electrons. The Morgan fingerprint density at radius 3 is 2.43 bits per heavy atom. The van der Waals surface area contributed by atoms with Crippen LogP contribution in [-0.4, -0.2) is 19.6 Å². The first-order valence-electron chi connectivity index (χ1n) is 6.98. The number of alkyl halides is 3. The fourth-order valence-corrected chi connectivity index (χ4v) is 2.07. The molecule has 0 aliphatic heterocycles. The number of hydrogen-bond donors (Lipinski definition) is 1. The number of carbonyl (C=O) groups excluding carboxylic acids is 1. The zero-order chi connectivity index (χ0) is 16.9. The maximum atomic E-state index is 12.6. The van der Waals surface area contributed by atoms with Crippen LogP contribution in [0.15, 0.2) is 48.5 Å². The Morgan fingerprint density at radius 2 is 1.83 bits per heavy atom. The molecule has 0 spiro atoms. The first-order chi connectivity index (χ1) is 10.9. The highest BCUT2D eigenvalue weighted by atomic mass is 19.4. The standard InChI is InChI=1S/C17H16F3NO2/c1-23-15-7-5-13(6-8-15)16(22)21-10-9-12-3-2-4-14(11-12)17(18,19)20/h2-8,11H,9-10H2,1H3,(H,21,22). The van der Waals surface area contributed by atoms with Gasteiger partial charge in [-0.3, -0.25) is 4.79 Å². The first kappa shape index (κ1) is 16.9.